The molecule has 1 aromatic heterocycles. The molecule has 0 bridgehead atoms. The fourth-order valence-electron chi connectivity index (χ4n) is 2.98. The molecule has 28 heavy (non-hydrogen) atoms. The van der Waals surface area contributed by atoms with E-state index in [0.717, 1.165) is 34.4 Å². The fourth-order valence-corrected chi connectivity index (χ4v) is 3.98. The number of nitrogens with zero attached hydrogens (tertiary/aromatic N) is 4. The van der Waals surface area contributed by atoms with Gasteiger partial charge in [0.2, 0.25) is 0 Å². The molecule has 0 aliphatic heterocycles. The standard InChI is InChI=1S/C23H20N4S/c1-3-27(4-2)20-12-10-17(11-13-20)14-21-22(18-8-6-5-7-9-18)26-23(28-21)19(15-24)16-25/h5-14H,3-4H2,1-2H3/b21-14-. The molecule has 0 radical (unpaired) electrons. The van der Waals surface area contributed by atoms with Crippen molar-refractivity contribution in [3.63, 3.8) is 0 Å². The molecule has 0 saturated heterocycles. The van der Waals surface area contributed by atoms with Crippen LogP contribution >= 0.6 is 11.3 Å². The van der Waals surface area contributed by atoms with Crippen LogP contribution in [0.4, 0.5) is 5.69 Å². The molecule has 5 heteroatoms. The minimum Gasteiger partial charge on any atom is -0.372 e. The van der Waals surface area contributed by atoms with Gasteiger partial charge in [-0.3, -0.25) is 0 Å². The fraction of sp³-hybridized carbons (Fsp3) is 0.174. The summed E-state index contributed by atoms with van der Waals surface area (Å²) in [4.78, 5) is 6.88. The summed E-state index contributed by atoms with van der Waals surface area (Å²) < 4.78 is 1.38. The van der Waals surface area contributed by atoms with Crippen LogP contribution in [0.2, 0.25) is 0 Å². The van der Waals surface area contributed by atoms with Gasteiger partial charge >= 0.3 is 0 Å². The Bertz CT molecular complexity index is 1130. The number of rotatable bonds is 5. The van der Waals surface area contributed by atoms with Crippen LogP contribution in [-0.4, -0.2) is 18.1 Å². The van der Waals surface area contributed by atoms with Crippen LogP contribution in [0.15, 0.2) is 54.6 Å². The summed E-state index contributed by atoms with van der Waals surface area (Å²) in [5.74, 6) is 0. The lowest BCUT2D eigenvalue weighted by atomic mass is 10.1. The third-order valence-electron chi connectivity index (χ3n) is 4.46. The Morgan fingerprint density at radius 1 is 1.00 bits per heavy atom. The summed E-state index contributed by atoms with van der Waals surface area (Å²) in [6.45, 7) is 6.23. The van der Waals surface area contributed by atoms with Crippen molar-refractivity contribution in [1.29, 1.82) is 10.5 Å². The Labute approximate surface area is 168 Å². The van der Waals surface area contributed by atoms with Crippen molar-refractivity contribution in [2.24, 2.45) is 0 Å². The van der Waals surface area contributed by atoms with Gasteiger partial charge in [0, 0.05) is 24.3 Å². The van der Waals surface area contributed by atoms with E-state index in [2.05, 4.69) is 54.1 Å². The molecule has 0 aliphatic rings. The van der Waals surface area contributed by atoms with Gasteiger partial charge in [0.15, 0.2) is 5.57 Å². The molecule has 0 spiro atoms. The minimum atomic E-state index is 0.0405. The van der Waals surface area contributed by atoms with E-state index >= 15 is 0 Å². The lowest BCUT2D eigenvalue weighted by Gasteiger charge is -2.20. The third-order valence-corrected chi connectivity index (χ3v) is 5.48. The van der Waals surface area contributed by atoms with Crippen molar-refractivity contribution >= 4 is 28.7 Å². The van der Waals surface area contributed by atoms with E-state index in [1.807, 2.05) is 42.5 Å². The highest BCUT2D eigenvalue weighted by Gasteiger charge is 2.08. The molecule has 0 amide bonds. The Kier molecular flexibility index (Phi) is 6.22. The van der Waals surface area contributed by atoms with Crippen LogP contribution in [0.25, 0.3) is 22.9 Å². The zero-order chi connectivity index (χ0) is 19.9. The van der Waals surface area contributed by atoms with Gasteiger partial charge in [-0.2, -0.15) is 10.5 Å². The summed E-state index contributed by atoms with van der Waals surface area (Å²) in [5.41, 5.74) is 4.04. The molecule has 138 valence electrons. The van der Waals surface area contributed by atoms with Gasteiger partial charge in [0.05, 0.1) is 10.2 Å². The van der Waals surface area contributed by atoms with E-state index in [-0.39, 0.29) is 5.57 Å². The molecule has 3 aromatic rings. The number of aromatic nitrogens is 1. The predicted octanol–water partition coefficient (Wildman–Crippen LogP) is 3.68. The second-order valence-corrected chi connectivity index (χ2v) is 7.14. The van der Waals surface area contributed by atoms with Crippen molar-refractivity contribution in [3.8, 4) is 23.4 Å². The lowest BCUT2D eigenvalue weighted by Crippen LogP contribution is -2.21. The van der Waals surface area contributed by atoms with Crippen LogP contribution in [0, 0.1) is 22.7 Å². The highest BCUT2D eigenvalue weighted by atomic mass is 32.1. The number of benzene rings is 2. The zero-order valence-electron chi connectivity index (χ0n) is 15.9. The van der Waals surface area contributed by atoms with Gasteiger partial charge < -0.3 is 4.90 Å². The summed E-state index contributed by atoms with van der Waals surface area (Å²) in [5, 5.41) is 18.4. The molecule has 0 unspecified atom stereocenters. The molecule has 2 aromatic carbocycles. The average molecular weight is 385 g/mol. The summed E-state index contributed by atoms with van der Waals surface area (Å²) in [7, 11) is 0. The van der Waals surface area contributed by atoms with Gasteiger partial charge in [0.1, 0.15) is 16.8 Å². The SMILES string of the molecule is CCN(CC)c1ccc(/C=c2\sc(=C(C#N)C#N)nc2-c2ccccc2)cc1. The number of anilines is 1. The first-order valence-corrected chi connectivity index (χ1v) is 9.95. The lowest BCUT2D eigenvalue weighted by molar-refractivity contribution is 0.866. The second-order valence-electron chi connectivity index (χ2n) is 6.10. The Balaban J connectivity index is 2.14. The van der Waals surface area contributed by atoms with Crippen LogP contribution < -0.4 is 14.1 Å². The Morgan fingerprint density at radius 3 is 2.21 bits per heavy atom. The van der Waals surface area contributed by atoms with Gasteiger partial charge in [-0.15, -0.1) is 11.3 Å². The van der Waals surface area contributed by atoms with E-state index in [0.29, 0.717) is 4.66 Å². The van der Waals surface area contributed by atoms with Crippen molar-refractivity contribution in [1.82, 2.24) is 4.98 Å². The summed E-state index contributed by atoms with van der Waals surface area (Å²) in [6, 6.07) is 22.1. The average Bonchev–Trinajstić information content (AvgIpc) is 3.15. The highest BCUT2D eigenvalue weighted by Crippen LogP contribution is 2.17. The molecule has 0 fully saturated rings. The van der Waals surface area contributed by atoms with Crippen molar-refractivity contribution < 1.29 is 0 Å². The van der Waals surface area contributed by atoms with E-state index in [9.17, 15) is 10.5 Å². The first-order valence-electron chi connectivity index (χ1n) is 9.13. The van der Waals surface area contributed by atoms with Gasteiger partial charge in [-0.05, 0) is 37.6 Å². The van der Waals surface area contributed by atoms with Crippen LogP contribution in [0.3, 0.4) is 0 Å². The second kappa shape index (κ2) is 8.99. The van der Waals surface area contributed by atoms with Gasteiger partial charge in [-0.1, -0.05) is 42.5 Å². The quantitative estimate of drug-likeness (QED) is 0.673. The topological polar surface area (TPSA) is 63.7 Å². The molecule has 0 aliphatic carbocycles. The van der Waals surface area contributed by atoms with Crippen LogP contribution in [-0.2, 0) is 0 Å². The smallest absolute Gasteiger partial charge is 0.165 e. The van der Waals surface area contributed by atoms with E-state index < -0.39 is 0 Å². The van der Waals surface area contributed by atoms with Crippen molar-refractivity contribution in [2.75, 3.05) is 18.0 Å². The number of thiazole rings is 1. The maximum absolute atomic E-state index is 9.21. The van der Waals surface area contributed by atoms with Gasteiger partial charge in [0.25, 0.3) is 0 Å². The predicted molar refractivity (Wildman–Crippen MR) is 115 cm³/mol. The molecule has 0 saturated carbocycles. The van der Waals surface area contributed by atoms with Gasteiger partial charge in [-0.25, -0.2) is 4.98 Å². The van der Waals surface area contributed by atoms with Crippen LogP contribution in [0.1, 0.15) is 19.4 Å². The molecule has 4 nitrogen and oxygen atoms in total. The first kappa shape index (κ1) is 19.4. The Hall–Kier alpha value is -3.41. The first-order chi connectivity index (χ1) is 13.7. The monoisotopic (exact) mass is 384 g/mol. The van der Waals surface area contributed by atoms with Crippen molar-refractivity contribution in [3.05, 3.63) is 69.4 Å². The normalized spacial score (nSPS) is 10.9. The molecule has 1 heterocycles. The maximum Gasteiger partial charge on any atom is 0.165 e. The minimum absolute atomic E-state index is 0.0405. The molecule has 0 atom stereocenters. The molecular weight excluding hydrogens is 364 g/mol. The van der Waals surface area contributed by atoms with E-state index in [1.54, 1.807) is 0 Å². The third kappa shape index (κ3) is 4.11. The molecule has 3 rings (SSSR count). The maximum atomic E-state index is 9.21. The highest BCUT2D eigenvalue weighted by molar-refractivity contribution is 7.08. The number of hydrogen-bond donors (Lipinski definition) is 0. The van der Waals surface area contributed by atoms with Crippen molar-refractivity contribution in [2.45, 2.75) is 13.8 Å². The zero-order valence-corrected chi connectivity index (χ0v) is 16.7. The molecule has 0 N–H and O–H groups in total. The summed E-state index contributed by atoms with van der Waals surface area (Å²) in [6.07, 6.45) is 2.06. The van der Waals surface area contributed by atoms with E-state index in [1.165, 1.54) is 17.0 Å². The number of hydrogen-bond acceptors (Lipinski definition) is 5. The van der Waals surface area contributed by atoms with E-state index in [4.69, 9.17) is 0 Å². The number of nitriles is 2. The molecular formula is C23H20N4S. The summed E-state index contributed by atoms with van der Waals surface area (Å²) >= 11 is 1.37. The Morgan fingerprint density at radius 2 is 1.64 bits per heavy atom. The largest absolute Gasteiger partial charge is 0.372 e. The van der Waals surface area contributed by atoms with Crippen LogP contribution in [0.5, 0.6) is 0 Å².